The van der Waals surface area contributed by atoms with E-state index < -0.39 is 10.1 Å². The summed E-state index contributed by atoms with van der Waals surface area (Å²) < 4.78 is 28.0. The molecule has 0 aliphatic heterocycles. The topological polar surface area (TPSA) is 72.5 Å². The van der Waals surface area contributed by atoms with Crippen LogP contribution in [0.4, 0.5) is 5.69 Å². The number of carbonyl (C=O) groups excluding carboxylic acids is 1. The third-order valence-electron chi connectivity index (χ3n) is 3.95. The maximum atomic E-state index is 12.5. The number of carbonyl (C=O) groups is 1. The van der Waals surface area contributed by atoms with Gasteiger partial charge in [-0.1, -0.05) is 31.5 Å². The van der Waals surface area contributed by atoms with Crippen LogP contribution in [0.2, 0.25) is 0 Å². The smallest absolute Gasteiger partial charge is 0.296 e. The maximum Gasteiger partial charge on any atom is 0.296 e. The average Bonchev–Trinajstić information content (AvgIpc) is 2.60. The van der Waals surface area contributed by atoms with Crippen LogP contribution >= 0.6 is 0 Å². The molecule has 0 saturated heterocycles. The molecule has 0 bridgehead atoms. The Kier molecular flexibility index (Phi) is 6.33. The Morgan fingerprint density at radius 1 is 1.16 bits per heavy atom. The molecule has 0 radical (unpaired) electrons. The number of benzene rings is 2. The van der Waals surface area contributed by atoms with Crippen LogP contribution in [-0.4, -0.2) is 21.4 Å². The van der Waals surface area contributed by atoms with Gasteiger partial charge in [0.2, 0.25) is 0 Å². The lowest BCUT2D eigenvalue weighted by Crippen LogP contribution is -2.14. The molecule has 0 aliphatic rings. The molecule has 0 spiro atoms. The van der Waals surface area contributed by atoms with Gasteiger partial charge in [-0.05, 0) is 55.2 Å². The standard InChI is InChI=1S/C19H23NO4S/c1-4-5-7-15-10-11-18(14(2)12-15)19(21)20-16-8-6-9-17(13-16)25(22,23)24-3/h6,8-13H,4-5,7H2,1-3H3,(H,20,21). The van der Waals surface area contributed by atoms with Gasteiger partial charge in [0.15, 0.2) is 0 Å². The summed E-state index contributed by atoms with van der Waals surface area (Å²) in [5, 5.41) is 2.74. The summed E-state index contributed by atoms with van der Waals surface area (Å²) >= 11 is 0. The van der Waals surface area contributed by atoms with E-state index in [9.17, 15) is 13.2 Å². The highest BCUT2D eigenvalue weighted by Gasteiger charge is 2.15. The normalized spacial score (nSPS) is 11.3. The van der Waals surface area contributed by atoms with Gasteiger partial charge in [0, 0.05) is 11.3 Å². The van der Waals surface area contributed by atoms with E-state index in [1.807, 2.05) is 25.1 Å². The monoisotopic (exact) mass is 361 g/mol. The van der Waals surface area contributed by atoms with Crippen molar-refractivity contribution in [1.29, 1.82) is 0 Å². The molecule has 0 fully saturated rings. The fraction of sp³-hybridized carbons (Fsp3) is 0.316. The first-order chi connectivity index (χ1) is 11.9. The molecule has 2 aromatic carbocycles. The minimum absolute atomic E-state index is 0.000523. The third kappa shape index (κ3) is 4.90. The molecule has 0 saturated carbocycles. The molecule has 5 nitrogen and oxygen atoms in total. The van der Waals surface area contributed by atoms with E-state index in [1.54, 1.807) is 12.1 Å². The summed E-state index contributed by atoms with van der Waals surface area (Å²) in [5.41, 5.74) is 3.08. The van der Waals surface area contributed by atoms with E-state index in [0.717, 1.165) is 31.9 Å². The van der Waals surface area contributed by atoms with Crippen molar-refractivity contribution >= 4 is 21.7 Å². The van der Waals surface area contributed by atoms with Crippen LogP contribution in [0.15, 0.2) is 47.4 Å². The van der Waals surface area contributed by atoms with E-state index in [2.05, 4.69) is 16.4 Å². The van der Waals surface area contributed by atoms with Gasteiger partial charge in [0.05, 0.1) is 12.0 Å². The molecule has 25 heavy (non-hydrogen) atoms. The van der Waals surface area contributed by atoms with Gasteiger partial charge < -0.3 is 5.32 Å². The van der Waals surface area contributed by atoms with Crippen molar-refractivity contribution in [2.45, 2.75) is 38.0 Å². The maximum absolute atomic E-state index is 12.5. The van der Waals surface area contributed by atoms with Crippen molar-refractivity contribution in [3.63, 3.8) is 0 Å². The highest BCUT2D eigenvalue weighted by atomic mass is 32.2. The molecule has 134 valence electrons. The molecule has 2 aromatic rings. The first-order valence-corrected chi connectivity index (χ1v) is 9.59. The van der Waals surface area contributed by atoms with Gasteiger partial charge in [-0.3, -0.25) is 8.98 Å². The molecule has 0 aromatic heterocycles. The molecule has 0 atom stereocenters. The van der Waals surface area contributed by atoms with E-state index in [1.165, 1.54) is 17.7 Å². The van der Waals surface area contributed by atoms with E-state index >= 15 is 0 Å². The summed E-state index contributed by atoms with van der Waals surface area (Å²) in [6, 6.07) is 11.8. The summed E-state index contributed by atoms with van der Waals surface area (Å²) in [7, 11) is -2.69. The lowest BCUT2D eigenvalue weighted by atomic mass is 10.0. The molecule has 2 rings (SSSR count). The number of anilines is 1. The molecule has 0 heterocycles. The second kappa shape index (κ2) is 8.27. The highest BCUT2D eigenvalue weighted by molar-refractivity contribution is 7.86. The SMILES string of the molecule is CCCCc1ccc(C(=O)Nc2cccc(S(=O)(=O)OC)c2)c(C)c1. The summed E-state index contributed by atoms with van der Waals surface area (Å²) in [6.07, 6.45) is 3.24. The number of hydrogen-bond donors (Lipinski definition) is 1. The largest absolute Gasteiger partial charge is 0.322 e. The van der Waals surface area contributed by atoms with Crippen LogP contribution in [0.1, 0.15) is 41.3 Å². The van der Waals surface area contributed by atoms with Gasteiger partial charge in [-0.15, -0.1) is 0 Å². The zero-order chi connectivity index (χ0) is 18.4. The lowest BCUT2D eigenvalue weighted by Gasteiger charge is -2.10. The minimum Gasteiger partial charge on any atom is -0.322 e. The number of aryl methyl sites for hydroxylation is 2. The van der Waals surface area contributed by atoms with Crippen LogP contribution in [-0.2, 0) is 20.7 Å². The summed E-state index contributed by atoms with van der Waals surface area (Å²) in [6.45, 7) is 4.04. The Balaban J connectivity index is 2.19. The Morgan fingerprint density at radius 2 is 1.92 bits per heavy atom. The van der Waals surface area contributed by atoms with E-state index in [4.69, 9.17) is 0 Å². The van der Waals surface area contributed by atoms with Crippen molar-refractivity contribution in [3.05, 3.63) is 59.2 Å². The van der Waals surface area contributed by atoms with Crippen LogP contribution < -0.4 is 5.32 Å². The number of nitrogens with one attached hydrogen (secondary N) is 1. The first-order valence-electron chi connectivity index (χ1n) is 8.19. The van der Waals surface area contributed by atoms with Crippen LogP contribution in [0.3, 0.4) is 0 Å². The van der Waals surface area contributed by atoms with Crippen LogP contribution in [0.5, 0.6) is 0 Å². The van der Waals surface area contributed by atoms with Gasteiger partial charge in [0.1, 0.15) is 0 Å². The van der Waals surface area contributed by atoms with Crippen LogP contribution in [0.25, 0.3) is 0 Å². The lowest BCUT2D eigenvalue weighted by molar-refractivity contribution is 0.102. The fourth-order valence-corrected chi connectivity index (χ4v) is 3.25. The molecular formula is C19H23NO4S. The Morgan fingerprint density at radius 3 is 2.56 bits per heavy atom. The zero-order valence-corrected chi connectivity index (χ0v) is 15.5. The quantitative estimate of drug-likeness (QED) is 0.759. The van der Waals surface area contributed by atoms with Crippen LogP contribution in [0, 0.1) is 6.92 Å². The predicted octanol–water partition coefficient (Wildman–Crippen LogP) is 3.93. The fourth-order valence-electron chi connectivity index (χ4n) is 2.54. The second-order valence-corrected chi connectivity index (χ2v) is 7.57. The third-order valence-corrected chi connectivity index (χ3v) is 5.22. The average molecular weight is 361 g/mol. The van der Waals surface area contributed by atoms with E-state index in [-0.39, 0.29) is 10.8 Å². The van der Waals surface area contributed by atoms with Gasteiger partial charge in [0.25, 0.3) is 16.0 Å². The van der Waals surface area contributed by atoms with Crippen molar-refractivity contribution in [1.82, 2.24) is 0 Å². The van der Waals surface area contributed by atoms with Crippen molar-refractivity contribution in [3.8, 4) is 0 Å². The molecule has 1 N–H and O–H groups in total. The first kappa shape index (κ1) is 19.1. The second-order valence-electron chi connectivity index (χ2n) is 5.86. The number of amides is 1. The molecule has 0 unspecified atom stereocenters. The van der Waals surface area contributed by atoms with Crippen molar-refractivity contribution in [2.24, 2.45) is 0 Å². The van der Waals surface area contributed by atoms with Gasteiger partial charge in [-0.25, -0.2) is 0 Å². The predicted molar refractivity (Wildman–Crippen MR) is 98.4 cm³/mol. The molecule has 6 heteroatoms. The molecule has 1 amide bonds. The van der Waals surface area contributed by atoms with Gasteiger partial charge in [-0.2, -0.15) is 8.42 Å². The molecular weight excluding hydrogens is 338 g/mol. The Bertz CT molecular complexity index is 859. The van der Waals surface area contributed by atoms with Crippen molar-refractivity contribution < 1.29 is 17.4 Å². The minimum atomic E-state index is -3.80. The summed E-state index contributed by atoms with van der Waals surface area (Å²) in [5.74, 6) is -0.272. The number of rotatable bonds is 7. The highest BCUT2D eigenvalue weighted by Crippen LogP contribution is 2.19. The Hall–Kier alpha value is -2.18. The van der Waals surface area contributed by atoms with Crippen molar-refractivity contribution in [2.75, 3.05) is 12.4 Å². The number of unbranched alkanes of at least 4 members (excludes halogenated alkanes) is 1. The molecule has 0 aliphatic carbocycles. The van der Waals surface area contributed by atoms with E-state index in [0.29, 0.717) is 11.3 Å². The Labute approximate surface area is 149 Å². The zero-order valence-electron chi connectivity index (χ0n) is 14.7. The number of hydrogen-bond acceptors (Lipinski definition) is 4. The van der Waals surface area contributed by atoms with Gasteiger partial charge >= 0.3 is 0 Å². The summed E-state index contributed by atoms with van der Waals surface area (Å²) in [4.78, 5) is 12.5.